The molecule has 2 heterocycles. The predicted octanol–water partition coefficient (Wildman–Crippen LogP) is 0.784. The van der Waals surface area contributed by atoms with Crippen molar-refractivity contribution >= 4 is 21.1 Å². The van der Waals surface area contributed by atoms with Gasteiger partial charge in [0.1, 0.15) is 0 Å². The van der Waals surface area contributed by atoms with E-state index in [0.717, 1.165) is 0 Å². The third kappa shape index (κ3) is 3.00. The van der Waals surface area contributed by atoms with Crippen LogP contribution in [-0.2, 0) is 30.7 Å². The third-order valence-corrected chi connectivity index (χ3v) is 6.34. The zero-order chi connectivity index (χ0) is 18.2. The number of sulfonamides is 1. The predicted molar refractivity (Wildman–Crippen MR) is 94.8 cm³/mol. The van der Waals surface area contributed by atoms with Gasteiger partial charge in [-0.3, -0.25) is 13.8 Å². The highest BCUT2D eigenvalue weighted by Gasteiger charge is 2.24. The van der Waals surface area contributed by atoms with Gasteiger partial charge < -0.3 is 0 Å². The minimum atomic E-state index is -3.65. The van der Waals surface area contributed by atoms with E-state index in [1.54, 1.807) is 62.4 Å². The largest absolute Gasteiger partial charge is 0.328 e. The number of hydrogen-bond donors (Lipinski definition) is 0. The molecule has 2 aromatic heterocycles. The number of aryl methyl sites for hydroxylation is 2. The van der Waals surface area contributed by atoms with E-state index in [-0.39, 0.29) is 10.6 Å². The Morgan fingerprint density at radius 3 is 2.52 bits per heavy atom. The van der Waals surface area contributed by atoms with Crippen LogP contribution >= 0.6 is 0 Å². The molecule has 3 rings (SSSR count). The first-order valence-corrected chi connectivity index (χ1v) is 9.43. The van der Waals surface area contributed by atoms with Gasteiger partial charge in [-0.2, -0.15) is 9.40 Å². The fraction of sp³-hybridized carbons (Fsp3) is 0.375. The van der Waals surface area contributed by atoms with Crippen molar-refractivity contribution in [2.75, 3.05) is 13.1 Å². The van der Waals surface area contributed by atoms with Crippen LogP contribution in [0.25, 0.3) is 11.0 Å². The first-order chi connectivity index (χ1) is 11.9. The Hall–Kier alpha value is -2.39. The maximum Gasteiger partial charge on any atom is 0.328 e. The Bertz CT molecular complexity index is 1050. The van der Waals surface area contributed by atoms with Crippen molar-refractivity contribution in [1.29, 1.82) is 0 Å². The minimum Gasteiger partial charge on any atom is -0.295 e. The lowest BCUT2D eigenvalue weighted by Gasteiger charge is -2.20. The summed E-state index contributed by atoms with van der Waals surface area (Å²) in [4.78, 5) is 12.2. The Kier molecular flexibility index (Phi) is 4.53. The summed E-state index contributed by atoms with van der Waals surface area (Å²) in [5.41, 5.74) is 1.11. The van der Waals surface area contributed by atoms with E-state index in [9.17, 15) is 13.2 Å². The van der Waals surface area contributed by atoms with Gasteiger partial charge in [-0.1, -0.05) is 6.92 Å². The SMILES string of the molecule is CCN(CCn1cccn1)S(=O)(=O)c1ccc2c(c1)n(C)c(=O)n2C. The van der Waals surface area contributed by atoms with Gasteiger partial charge in [0.2, 0.25) is 10.0 Å². The molecule has 0 N–H and O–H groups in total. The zero-order valence-electron chi connectivity index (χ0n) is 14.5. The smallest absolute Gasteiger partial charge is 0.295 e. The van der Waals surface area contributed by atoms with Crippen LogP contribution in [0.3, 0.4) is 0 Å². The fourth-order valence-electron chi connectivity index (χ4n) is 2.89. The van der Waals surface area contributed by atoms with Gasteiger partial charge in [-0.25, -0.2) is 13.2 Å². The summed E-state index contributed by atoms with van der Waals surface area (Å²) in [6, 6.07) is 6.58. The fourth-order valence-corrected chi connectivity index (χ4v) is 4.35. The van der Waals surface area contributed by atoms with Gasteiger partial charge >= 0.3 is 5.69 Å². The summed E-state index contributed by atoms with van der Waals surface area (Å²) in [5, 5.41) is 4.10. The summed E-state index contributed by atoms with van der Waals surface area (Å²) in [5.74, 6) is 0. The van der Waals surface area contributed by atoms with Crippen molar-refractivity contribution < 1.29 is 8.42 Å². The average molecular weight is 363 g/mol. The molecule has 0 bridgehead atoms. The second-order valence-corrected chi connectivity index (χ2v) is 7.75. The van der Waals surface area contributed by atoms with E-state index in [1.807, 2.05) is 0 Å². The second-order valence-electron chi connectivity index (χ2n) is 5.82. The molecule has 0 saturated carbocycles. The molecule has 0 amide bonds. The summed E-state index contributed by atoms with van der Waals surface area (Å²) in [6.07, 6.45) is 3.46. The molecule has 0 aliphatic rings. The van der Waals surface area contributed by atoms with E-state index in [2.05, 4.69) is 5.10 Å². The summed E-state index contributed by atoms with van der Waals surface area (Å²) >= 11 is 0. The molecule has 0 aliphatic heterocycles. The average Bonchev–Trinajstić information content (AvgIpc) is 3.19. The summed E-state index contributed by atoms with van der Waals surface area (Å²) in [7, 11) is -0.345. The van der Waals surface area contributed by atoms with Gasteiger partial charge in [0, 0.05) is 39.6 Å². The van der Waals surface area contributed by atoms with E-state index in [0.29, 0.717) is 30.7 Å². The van der Waals surface area contributed by atoms with E-state index < -0.39 is 10.0 Å². The monoisotopic (exact) mass is 363 g/mol. The molecular formula is C16H21N5O3S. The molecule has 0 atom stereocenters. The molecule has 0 fully saturated rings. The molecule has 134 valence electrons. The van der Waals surface area contributed by atoms with Gasteiger partial charge in [0.15, 0.2) is 0 Å². The zero-order valence-corrected chi connectivity index (χ0v) is 15.3. The molecule has 8 nitrogen and oxygen atoms in total. The number of imidazole rings is 1. The molecular weight excluding hydrogens is 342 g/mol. The summed E-state index contributed by atoms with van der Waals surface area (Å²) < 4.78 is 32.0. The van der Waals surface area contributed by atoms with Crippen LogP contribution in [0, 0.1) is 0 Å². The number of rotatable bonds is 6. The van der Waals surface area contributed by atoms with Gasteiger partial charge in [0.25, 0.3) is 0 Å². The van der Waals surface area contributed by atoms with Crippen LogP contribution in [0.4, 0.5) is 0 Å². The Balaban J connectivity index is 1.96. The molecule has 0 saturated heterocycles. The first-order valence-electron chi connectivity index (χ1n) is 7.99. The minimum absolute atomic E-state index is 0.184. The normalized spacial score (nSPS) is 12.3. The Morgan fingerprint density at radius 2 is 1.88 bits per heavy atom. The van der Waals surface area contributed by atoms with Crippen LogP contribution in [0.15, 0.2) is 46.3 Å². The van der Waals surface area contributed by atoms with Crippen LogP contribution in [0.2, 0.25) is 0 Å². The number of benzene rings is 1. The molecule has 1 aromatic carbocycles. The summed E-state index contributed by atoms with van der Waals surface area (Å²) in [6.45, 7) is 2.96. The van der Waals surface area contributed by atoms with Crippen molar-refractivity contribution in [3.8, 4) is 0 Å². The standard InChI is InChI=1S/C16H21N5O3S/c1-4-21(11-10-20-9-5-8-17-20)25(23,24)13-6-7-14-15(12-13)19(3)16(22)18(14)2/h5-9,12H,4,10-11H2,1-3H3. The van der Waals surface area contributed by atoms with Gasteiger partial charge in [0.05, 0.1) is 22.5 Å². The van der Waals surface area contributed by atoms with E-state index in [1.165, 1.54) is 13.4 Å². The van der Waals surface area contributed by atoms with Crippen LogP contribution in [0.5, 0.6) is 0 Å². The number of likely N-dealkylation sites (N-methyl/N-ethyl adjacent to an activating group) is 1. The maximum atomic E-state index is 13.0. The number of hydrogen-bond acceptors (Lipinski definition) is 4. The highest BCUT2D eigenvalue weighted by atomic mass is 32.2. The van der Waals surface area contributed by atoms with Crippen molar-refractivity contribution in [2.24, 2.45) is 14.1 Å². The molecule has 3 aromatic rings. The molecule has 0 radical (unpaired) electrons. The van der Waals surface area contributed by atoms with Crippen LogP contribution in [0.1, 0.15) is 6.92 Å². The molecule has 0 unspecified atom stereocenters. The Morgan fingerprint density at radius 1 is 1.16 bits per heavy atom. The van der Waals surface area contributed by atoms with E-state index in [4.69, 9.17) is 0 Å². The Labute approximate surface area is 145 Å². The topological polar surface area (TPSA) is 82.1 Å². The van der Waals surface area contributed by atoms with E-state index >= 15 is 0 Å². The number of aromatic nitrogens is 4. The third-order valence-electron chi connectivity index (χ3n) is 4.37. The second kappa shape index (κ2) is 6.49. The quantitative estimate of drug-likeness (QED) is 0.648. The van der Waals surface area contributed by atoms with Crippen molar-refractivity contribution in [3.05, 3.63) is 47.1 Å². The number of nitrogens with zero attached hydrogens (tertiary/aromatic N) is 5. The lowest BCUT2D eigenvalue weighted by atomic mass is 10.3. The van der Waals surface area contributed by atoms with Crippen molar-refractivity contribution in [3.63, 3.8) is 0 Å². The first kappa shape index (κ1) is 17.4. The van der Waals surface area contributed by atoms with Crippen molar-refractivity contribution in [1.82, 2.24) is 23.2 Å². The number of fused-ring (bicyclic) bond motifs is 1. The molecule has 0 spiro atoms. The van der Waals surface area contributed by atoms with Crippen LogP contribution in [-0.4, -0.2) is 44.7 Å². The van der Waals surface area contributed by atoms with Crippen molar-refractivity contribution in [2.45, 2.75) is 18.4 Å². The lowest BCUT2D eigenvalue weighted by molar-refractivity contribution is 0.397. The van der Waals surface area contributed by atoms with Crippen LogP contribution < -0.4 is 5.69 Å². The van der Waals surface area contributed by atoms with Gasteiger partial charge in [-0.15, -0.1) is 0 Å². The molecule has 25 heavy (non-hydrogen) atoms. The van der Waals surface area contributed by atoms with Gasteiger partial charge in [-0.05, 0) is 24.3 Å². The molecule has 9 heteroatoms. The lowest BCUT2D eigenvalue weighted by Crippen LogP contribution is -2.33. The highest BCUT2D eigenvalue weighted by Crippen LogP contribution is 2.21. The highest BCUT2D eigenvalue weighted by molar-refractivity contribution is 7.89. The molecule has 0 aliphatic carbocycles. The maximum absolute atomic E-state index is 13.0.